The first-order valence-electron chi connectivity index (χ1n) is 6.56. The topological polar surface area (TPSA) is 139 Å². The Morgan fingerprint density at radius 3 is 2.57 bits per heavy atom. The van der Waals surface area contributed by atoms with E-state index >= 15 is 0 Å². The average molecular weight is 339 g/mol. The number of carboxylic acids is 1. The van der Waals surface area contributed by atoms with Gasteiger partial charge in [-0.1, -0.05) is 0 Å². The van der Waals surface area contributed by atoms with Gasteiger partial charge >= 0.3 is 5.97 Å². The SMILES string of the molecule is O=C(C[C@@H]1SC[C@@H](C(=O)O)NC1=O)Nc1ccc([N+](=O)[O-])cc1. The summed E-state index contributed by atoms with van der Waals surface area (Å²) in [5.41, 5.74) is 0.287. The minimum atomic E-state index is -1.11. The Kier molecular flexibility index (Phi) is 5.16. The fraction of sp³-hybridized carbons (Fsp3) is 0.308. The van der Waals surface area contributed by atoms with Gasteiger partial charge in [0, 0.05) is 30.0 Å². The van der Waals surface area contributed by atoms with Gasteiger partial charge < -0.3 is 15.7 Å². The standard InChI is InChI=1S/C13H13N3O6S/c17-11(14-7-1-3-8(4-2-7)16(21)22)5-10-12(18)15-9(6-23-10)13(19)20/h1-4,9-10H,5-6H2,(H,14,17)(H,15,18)(H,19,20)/t9-,10-/m0/s1. The van der Waals surface area contributed by atoms with E-state index in [0.29, 0.717) is 5.69 Å². The number of nitrogens with one attached hydrogen (secondary N) is 2. The molecule has 23 heavy (non-hydrogen) atoms. The number of carbonyl (C=O) groups excluding carboxylic acids is 2. The Hall–Kier alpha value is -2.62. The number of benzene rings is 1. The van der Waals surface area contributed by atoms with E-state index in [9.17, 15) is 24.5 Å². The highest BCUT2D eigenvalue weighted by atomic mass is 32.2. The van der Waals surface area contributed by atoms with Crippen LogP contribution in [0.15, 0.2) is 24.3 Å². The van der Waals surface area contributed by atoms with Crippen LogP contribution in [0.5, 0.6) is 0 Å². The number of anilines is 1. The second kappa shape index (κ2) is 7.09. The second-order valence-corrected chi connectivity index (χ2v) is 6.01. The second-order valence-electron chi connectivity index (χ2n) is 4.78. The van der Waals surface area contributed by atoms with Crippen LogP contribution in [0, 0.1) is 10.1 Å². The Balaban J connectivity index is 1.88. The van der Waals surface area contributed by atoms with Crippen LogP contribution in [-0.4, -0.2) is 44.9 Å². The van der Waals surface area contributed by atoms with Gasteiger partial charge in [0.05, 0.1) is 10.2 Å². The molecular weight excluding hydrogens is 326 g/mol. The number of carboxylic acid groups (broad SMARTS) is 1. The van der Waals surface area contributed by atoms with Crippen LogP contribution in [0.2, 0.25) is 0 Å². The summed E-state index contributed by atoms with van der Waals surface area (Å²) in [6, 6.07) is 4.36. The van der Waals surface area contributed by atoms with Crippen LogP contribution >= 0.6 is 11.8 Å². The summed E-state index contributed by atoms with van der Waals surface area (Å²) in [7, 11) is 0. The van der Waals surface area contributed by atoms with Crippen LogP contribution in [0.3, 0.4) is 0 Å². The molecule has 9 nitrogen and oxygen atoms in total. The number of thioether (sulfide) groups is 1. The Bertz CT molecular complexity index is 648. The number of nitro benzene ring substituents is 1. The first kappa shape index (κ1) is 16.7. The summed E-state index contributed by atoms with van der Waals surface area (Å²) < 4.78 is 0. The number of amides is 2. The van der Waals surface area contributed by atoms with Crippen LogP contribution in [0.1, 0.15) is 6.42 Å². The molecule has 122 valence electrons. The van der Waals surface area contributed by atoms with Crippen molar-refractivity contribution in [2.24, 2.45) is 0 Å². The van der Waals surface area contributed by atoms with Crippen molar-refractivity contribution in [1.29, 1.82) is 0 Å². The molecule has 2 rings (SSSR count). The van der Waals surface area contributed by atoms with E-state index in [1.165, 1.54) is 24.3 Å². The third-order valence-electron chi connectivity index (χ3n) is 3.10. The normalized spacial score (nSPS) is 20.4. The van der Waals surface area contributed by atoms with Gasteiger partial charge in [-0.3, -0.25) is 19.7 Å². The minimum absolute atomic E-state index is 0.0927. The maximum Gasteiger partial charge on any atom is 0.327 e. The van der Waals surface area contributed by atoms with Crippen molar-refractivity contribution in [3.63, 3.8) is 0 Å². The summed E-state index contributed by atoms with van der Waals surface area (Å²) in [4.78, 5) is 44.5. The molecule has 1 fully saturated rings. The highest BCUT2D eigenvalue weighted by Crippen LogP contribution is 2.22. The van der Waals surface area contributed by atoms with Crippen molar-refractivity contribution in [2.75, 3.05) is 11.1 Å². The van der Waals surface area contributed by atoms with Crippen LogP contribution in [-0.2, 0) is 14.4 Å². The van der Waals surface area contributed by atoms with Crippen molar-refractivity contribution < 1.29 is 24.4 Å². The maximum absolute atomic E-state index is 11.9. The first-order chi connectivity index (χ1) is 10.9. The lowest BCUT2D eigenvalue weighted by Crippen LogP contribution is -2.51. The summed E-state index contributed by atoms with van der Waals surface area (Å²) in [5.74, 6) is -1.84. The first-order valence-corrected chi connectivity index (χ1v) is 7.61. The van der Waals surface area contributed by atoms with Gasteiger partial charge in [0.15, 0.2) is 0 Å². The average Bonchev–Trinajstić information content (AvgIpc) is 2.49. The minimum Gasteiger partial charge on any atom is -0.480 e. The molecule has 2 amide bonds. The lowest BCUT2D eigenvalue weighted by molar-refractivity contribution is -0.384. The molecule has 2 atom stereocenters. The Morgan fingerprint density at radius 2 is 2.04 bits per heavy atom. The fourth-order valence-electron chi connectivity index (χ4n) is 1.93. The van der Waals surface area contributed by atoms with Crippen LogP contribution in [0.25, 0.3) is 0 Å². The molecule has 1 aliphatic heterocycles. The third kappa shape index (κ3) is 4.42. The van der Waals surface area contributed by atoms with E-state index in [1.807, 2.05) is 0 Å². The predicted molar refractivity (Wildman–Crippen MR) is 82.2 cm³/mol. The number of nitrogens with zero attached hydrogens (tertiary/aromatic N) is 1. The van der Waals surface area contributed by atoms with Crippen LogP contribution in [0.4, 0.5) is 11.4 Å². The molecule has 1 saturated heterocycles. The highest BCUT2D eigenvalue weighted by molar-refractivity contribution is 8.00. The van der Waals surface area contributed by atoms with Gasteiger partial charge in [-0.2, -0.15) is 0 Å². The van der Waals surface area contributed by atoms with E-state index in [1.54, 1.807) is 0 Å². The van der Waals surface area contributed by atoms with Gasteiger partial charge in [-0.25, -0.2) is 4.79 Å². The zero-order chi connectivity index (χ0) is 17.0. The van der Waals surface area contributed by atoms with Crippen molar-refractivity contribution in [1.82, 2.24) is 5.32 Å². The molecular formula is C13H13N3O6S. The smallest absolute Gasteiger partial charge is 0.327 e. The van der Waals surface area contributed by atoms with E-state index < -0.39 is 34.0 Å². The van der Waals surface area contributed by atoms with Gasteiger partial charge in [-0.05, 0) is 12.1 Å². The lowest BCUT2D eigenvalue weighted by Gasteiger charge is -2.25. The third-order valence-corrected chi connectivity index (χ3v) is 4.41. The predicted octanol–water partition coefficient (Wildman–Crippen LogP) is 0.608. The fourth-order valence-corrected chi connectivity index (χ4v) is 3.07. The van der Waals surface area contributed by atoms with Gasteiger partial charge in [0.25, 0.3) is 5.69 Å². The van der Waals surface area contributed by atoms with Crippen molar-refractivity contribution in [3.8, 4) is 0 Å². The van der Waals surface area contributed by atoms with Gasteiger partial charge in [-0.15, -0.1) is 11.8 Å². The largest absolute Gasteiger partial charge is 0.480 e. The zero-order valence-electron chi connectivity index (χ0n) is 11.7. The number of aliphatic carboxylic acids is 1. The number of non-ortho nitro benzene ring substituents is 1. The molecule has 1 aromatic rings. The molecule has 1 aliphatic rings. The lowest BCUT2D eigenvalue weighted by atomic mass is 10.2. The number of carbonyl (C=O) groups is 3. The zero-order valence-corrected chi connectivity index (χ0v) is 12.5. The number of hydrogen-bond acceptors (Lipinski definition) is 6. The molecule has 0 saturated carbocycles. The molecule has 0 bridgehead atoms. The van der Waals surface area contributed by atoms with E-state index in [-0.39, 0.29) is 17.9 Å². The van der Waals surface area contributed by atoms with Crippen molar-refractivity contribution in [3.05, 3.63) is 34.4 Å². The number of nitro groups is 1. The molecule has 0 radical (unpaired) electrons. The van der Waals surface area contributed by atoms with E-state index in [4.69, 9.17) is 5.11 Å². The van der Waals surface area contributed by atoms with Crippen molar-refractivity contribution in [2.45, 2.75) is 17.7 Å². The summed E-state index contributed by atoms with van der Waals surface area (Å²) in [6.45, 7) is 0. The summed E-state index contributed by atoms with van der Waals surface area (Å²) >= 11 is 1.11. The summed E-state index contributed by atoms with van der Waals surface area (Å²) in [5, 5.41) is 23.6. The molecule has 0 aromatic heterocycles. The van der Waals surface area contributed by atoms with E-state index in [0.717, 1.165) is 11.8 Å². The van der Waals surface area contributed by atoms with E-state index in [2.05, 4.69) is 10.6 Å². The van der Waals surface area contributed by atoms with Crippen molar-refractivity contribution >= 4 is 40.9 Å². The molecule has 0 unspecified atom stereocenters. The molecule has 0 spiro atoms. The molecule has 1 aromatic carbocycles. The molecule has 10 heteroatoms. The quantitative estimate of drug-likeness (QED) is 0.527. The van der Waals surface area contributed by atoms with Gasteiger partial charge in [0.1, 0.15) is 6.04 Å². The molecule has 1 heterocycles. The molecule has 0 aliphatic carbocycles. The molecule has 3 N–H and O–H groups in total. The maximum atomic E-state index is 11.9. The highest BCUT2D eigenvalue weighted by Gasteiger charge is 2.33. The van der Waals surface area contributed by atoms with Crippen LogP contribution < -0.4 is 10.6 Å². The Morgan fingerprint density at radius 1 is 1.39 bits per heavy atom. The number of hydrogen-bond donors (Lipinski definition) is 3. The summed E-state index contributed by atoms with van der Waals surface area (Å²) in [6.07, 6.45) is -0.111. The monoisotopic (exact) mass is 339 g/mol. The number of rotatable bonds is 5. The Labute approximate surface area is 134 Å². The van der Waals surface area contributed by atoms with Gasteiger partial charge in [0.2, 0.25) is 11.8 Å².